The van der Waals surface area contributed by atoms with Gasteiger partial charge in [0.25, 0.3) is 0 Å². The van der Waals surface area contributed by atoms with Crippen LogP contribution in [0.15, 0.2) is 0 Å². The van der Waals surface area contributed by atoms with E-state index in [0.717, 1.165) is 0 Å². The number of ether oxygens (including phenoxy) is 1. The number of rotatable bonds is 5. The minimum absolute atomic E-state index is 0.402. The van der Waals surface area contributed by atoms with Crippen LogP contribution in [0.25, 0.3) is 0 Å². The fourth-order valence-corrected chi connectivity index (χ4v) is 9.60. The van der Waals surface area contributed by atoms with Gasteiger partial charge in [0.1, 0.15) is 6.10 Å². The van der Waals surface area contributed by atoms with Crippen molar-refractivity contribution in [3.8, 4) is 0 Å². The monoisotopic (exact) mass is 256 g/mol. The van der Waals surface area contributed by atoms with Crippen LogP contribution in [0.3, 0.4) is 0 Å². The van der Waals surface area contributed by atoms with Crippen LogP contribution >= 0.6 is 0 Å². The molecule has 3 heteroatoms. The Bertz CT molecular complexity index is 254. The van der Waals surface area contributed by atoms with Gasteiger partial charge in [-0.15, -0.1) is 0 Å². The van der Waals surface area contributed by atoms with Crippen molar-refractivity contribution < 1.29 is 9.16 Å². The SMILES string of the molecule is CC(C)[Si](O[C@@H]1CC[C@H]2O[C@H]21)(C(C)C)C(C)C. The average molecular weight is 256 g/mol. The maximum Gasteiger partial charge on any atom is 0.200 e. The number of hydrogen-bond donors (Lipinski definition) is 0. The first kappa shape index (κ1) is 13.6. The van der Waals surface area contributed by atoms with Crippen LogP contribution in [-0.4, -0.2) is 26.6 Å². The number of fused-ring (bicyclic) bond motifs is 1. The predicted octanol–water partition coefficient (Wildman–Crippen LogP) is 4.11. The molecular formula is C14H28O2Si. The van der Waals surface area contributed by atoms with Gasteiger partial charge in [-0.2, -0.15) is 0 Å². The first-order chi connectivity index (χ1) is 7.89. The summed E-state index contributed by atoms with van der Waals surface area (Å²) < 4.78 is 12.4. The molecule has 0 unspecified atom stereocenters. The van der Waals surface area contributed by atoms with E-state index in [1.807, 2.05) is 0 Å². The fraction of sp³-hybridized carbons (Fsp3) is 1.00. The Morgan fingerprint density at radius 1 is 0.941 bits per heavy atom. The van der Waals surface area contributed by atoms with Gasteiger partial charge in [0, 0.05) is 0 Å². The molecular weight excluding hydrogens is 228 g/mol. The van der Waals surface area contributed by atoms with Crippen molar-refractivity contribution in [3.05, 3.63) is 0 Å². The van der Waals surface area contributed by atoms with E-state index < -0.39 is 8.32 Å². The molecule has 2 fully saturated rings. The third-order valence-corrected chi connectivity index (χ3v) is 10.9. The largest absolute Gasteiger partial charge is 0.410 e. The van der Waals surface area contributed by atoms with Crippen molar-refractivity contribution in [1.29, 1.82) is 0 Å². The molecule has 0 aromatic rings. The molecule has 0 N–H and O–H groups in total. The molecule has 17 heavy (non-hydrogen) atoms. The highest BCUT2D eigenvalue weighted by Crippen LogP contribution is 2.48. The molecule has 0 aromatic heterocycles. The average Bonchev–Trinajstić information content (AvgIpc) is 2.89. The highest BCUT2D eigenvalue weighted by Gasteiger charge is 2.55. The quantitative estimate of drug-likeness (QED) is 0.545. The van der Waals surface area contributed by atoms with E-state index in [1.165, 1.54) is 12.8 Å². The summed E-state index contributed by atoms with van der Waals surface area (Å²) in [5.41, 5.74) is 2.04. The summed E-state index contributed by atoms with van der Waals surface area (Å²) >= 11 is 0. The van der Waals surface area contributed by atoms with Crippen LogP contribution in [0, 0.1) is 0 Å². The lowest BCUT2D eigenvalue weighted by molar-refractivity contribution is 0.121. The zero-order chi connectivity index (χ0) is 12.8. The van der Waals surface area contributed by atoms with Crippen LogP contribution in [0.5, 0.6) is 0 Å². The minimum atomic E-state index is -1.69. The van der Waals surface area contributed by atoms with Crippen LogP contribution in [0.2, 0.25) is 16.6 Å². The molecule has 2 aliphatic rings. The normalized spacial score (nSPS) is 32.6. The van der Waals surface area contributed by atoms with Crippen molar-refractivity contribution in [2.75, 3.05) is 0 Å². The van der Waals surface area contributed by atoms with E-state index in [0.29, 0.717) is 34.9 Å². The summed E-state index contributed by atoms with van der Waals surface area (Å²) in [5.74, 6) is 0. The van der Waals surface area contributed by atoms with Gasteiger partial charge in [0.2, 0.25) is 8.32 Å². The third kappa shape index (κ3) is 2.22. The molecule has 100 valence electrons. The van der Waals surface area contributed by atoms with E-state index in [1.54, 1.807) is 0 Å². The van der Waals surface area contributed by atoms with E-state index in [2.05, 4.69) is 41.5 Å². The van der Waals surface area contributed by atoms with E-state index in [4.69, 9.17) is 9.16 Å². The predicted molar refractivity (Wildman–Crippen MR) is 73.8 cm³/mol. The van der Waals surface area contributed by atoms with Gasteiger partial charge in [-0.25, -0.2) is 0 Å². The molecule has 3 atom stereocenters. The Morgan fingerprint density at radius 2 is 1.47 bits per heavy atom. The van der Waals surface area contributed by atoms with Gasteiger partial charge in [-0.3, -0.25) is 0 Å². The van der Waals surface area contributed by atoms with Crippen LogP contribution < -0.4 is 0 Å². The van der Waals surface area contributed by atoms with Crippen molar-refractivity contribution in [1.82, 2.24) is 0 Å². The third-order valence-electron chi connectivity index (χ3n) is 4.79. The van der Waals surface area contributed by atoms with Gasteiger partial charge >= 0.3 is 0 Å². The Balaban J connectivity index is 2.14. The molecule has 1 saturated carbocycles. The van der Waals surface area contributed by atoms with Crippen molar-refractivity contribution in [3.63, 3.8) is 0 Å². The van der Waals surface area contributed by atoms with E-state index in [-0.39, 0.29) is 0 Å². The molecule has 1 aliphatic carbocycles. The van der Waals surface area contributed by atoms with Crippen LogP contribution in [-0.2, 0) is 9.16 Å². The Kier molecular flexibility index (Phi) is 3.73. The van der Waals surface area contributed by atoms with E-state index >= 15 is 0 Å². The second-order valence-corrected chi connectivity index (χ2v) is 12.1. The Hall–Kier alpha value is 0.137. The molecule has 0 radical (unpaired) electrons. The summed E-state index contributed by atoms with van der Waals surface area (Å²) in [7, 11) is -1.69. The first-order valence-corrected chi connectivity index (χ1v) is 9.36. The van der Waals surface area contributed by atoms with Gasteiger partial charge in [-0.1, -0.05) is 41.5 Å². The lowest BCUT2D eigenvalue weighted by Gasteiger charge is -2.44. The summed E-state index contributed by atoms with van der Waals surface area (Å²) in [6.45, 7) is 14.1. The maximum absolute atomic E-state index is 6.75. The smallest absolute Gasteiger partial charge is 0.200 e. The maximum atomic E-state index is 6.75. The van der Waals surface area contributed by atoms with E-state index in [9.17, 15) is 0 Å². The zero-order valence-electron chi connectivity index (χ0n) is 12.2. The first-order valence-electron chi connectivity index (χ1n) is 7.22. The molecule has 1 saturated heterocycles. The molecule has 0 bridgehead atoms. The lowest BCUT2D eigenvalue weighted by Crippen LogP contribution is -2.50. The van der Waals surface area contributed by atoms with Gasteiger partial charge in [-0.05, 0) is 29.5 Å². The molecule has 0 amide bonds. The molecule has 2 nitrogen and oxygen atoms in total. The molecule has 0 spiro atoms. The summed E-state index contributed by atoms with van der Waals surface area (Å²) in [5, 5.41) is 0. The van der Waals surface area contributed by atoms with Crippen LogP contribution in [0.4, 0.5) is 0 Å². The summed E-state index contributed by atoms with van der Waals surface area (Å²) in [6.07, 6.45) is 3.82. The Morgan fingerprint density at radius 3 is 1.76 bits per heavy atom. The Labute approximate surface area is 107 Å². The van der Waals surface area contributed by atoms with Gasteiger partial charge in [0.15, 0.2) is 0 Å². The van der Waals surface area contributed by atoms with Crippen molar-refractivity contribution in [2.45, 2.75) is 89.3 Å². The van der Waals surface area contributed by atoms with Gasteiger partial charge in [0.05, 0.1) is 12.2 Å². The standard InChI is InChI=1S/C14H28O2Si/c1-9(2)17(10(3)4,11(5)6)16-13-8-7-12-14(13)15-12/h9-14H,7-8H2,1-6H3/t12-,13-,14-/m1/s1. The summed E-state index contributed by atoms with van der Waals surface area (Å²) in [6, 6.07) is 0. The molecule has 2 rings (SSSR count). The lowest BCUT2D eigenvalue weighted by atomic mass is 10.3. The highest BCUT2D eigenvalue weighted by molar-refractivity contribution is 6.77. The second-order valence-electron chi connectivity index (χ2n) is 6.69. The van der Waals surface area contributed by atoms with Crippen molar-refractivity contribution >= 4 is 8.32 Å². The number of hydrogen-bond acceptors (Lipinski definition) is 2. The van der Waals surface area contributed by atoms with Crippen molar-refractivity contribution in [2.24, 2.45) is 0 Å². The minimum Gasteiger partial charge on any atom is -0.410 e. The highest BCUT2D eigenvalue weighted by atomic mass is 28.4. The number of epoxide rings is 1. The topological polar surface area (TPSA) is 21.8 Å². The fourth-order valence-electron chi connectivity index (χ4n) is 4.01. The second kappa shape index (κ2) is 4.67. The molecule has 1 heterocycles. The molecule has 1 aliphatic heterocycles. The van der Waals surface area contributed by atoms with Crippen LogP contribution in [0.1, 0.15) is 54.4 Å². The molecule has 0 aromatic carbocycles. The summed E-state index contributed by atoms with van der Waals surface area (Å²) in [4.78, 5) is 0. The van der Waals surface area contributed by atoms with Gasteiger partial charge < -0.3 is 9.16 Å². The zero-order valence-corrected chi connectivity index (χ0v) is 13.2.